The molecule has 5 rings (SSSR count). The van der Waals surface area contributed by atoms with Crippen molar-refractivity contribution in [3.63, 3.8) is 0 Å². The van der Waals surface area contributed by atoms with Crippen LogP contribution in [0.2, 0.25) is 5.02 Å². The number of aromatic nitrogens is 3. The van der Waals surface area contributed by atoms with Gasteiger partial charge in [-0.2, -0.15) is 0 Å². The second kappa shape index (κ2) is 7.50. The maximum absolute atomic E-state index is 7.27. The summed E-state index contributed by atoms with van der Waals surface area (Å²) >= 11 is 7.69. The lowest BCUT2D eigenvalue weighted by atomic mass is 9.63. The molecule has 3 heterocycles. The van der Waals surface area contributed by atoms with Crippen LogP contribution in [0.15, 0.2) is 58.8 Å². The highest BCUT2D eigenvalue weighted by molar-refractivity contribution is 7.99. The Hall–Kier alpha value is -2.19. The molecule has 1 atom stereocenters. The van der Waals surface area contributed by atoms with Gasteiger partial charge in [-0.3, -0.25) is 4.98 Å². The molecule has 1 aliphatic heterocycles. The van der Waals surface area contributed by atoms with Crippen molar-refractivity contribution in [2.45, 2.75) is 34.7 Å². The molecular weight excluding hydrogens is 416 g/mol. The molecule has 2 aliphatic rings. The zero-order valence-corrected chi connectivity index (χ0v) is 18.0. The van der Waals surface area contributed by atoms with Crippen LogP contribution in [0.4, 0.5) is 5.82 Å². The number of fused-ring (bicyclic) bond motifs is 1. The van der Waals surface area contributed by atoms with Gasteiger partial charge in [-0.1, -0.05) is 47.6 Å². The van der Waals surface area contributed by atoms with Gasteiger partial charge in [-0.05, 0) is 49.5 Å². The molecule has 1 aromatic carbocycles. The second-order valence-corrected chi connectivity index (χ2v) is 9.46. The fourth-order valence-electron chi connectivity index (χ4n) is 4.94. The van der Waals surface area contributed by atoms with Crippen molar-refractivity contribution in [3.05, 3.63) is 70.8 Å². The van der Waals surface area contributed by atoms with E-state index in [1.165, 1.54) is 22.9 Å². The number of rotatable bonds is 3. The third kappa shape index (κ3) is 3.00. The van der Waals surface area contributed by atoms with Gasteiger partial charge in [0.05, 0.1) is 28.6 Å². The minimum absolute atomic E-state index is 0.0475. The highest BCUT2D eigenvalue weighted by Crippen LogP contribution is 2.56. The zero-order chi connectivity index (χ0) is 20.8. The molecule has 0 bridgehead atoms. The molecule has 0 saturated carbocycles. The van der Waals surface area contributed by atoms with Crippen molar-refractivity contribution in [3.8, 4) is 0 Å². The van der Waals surface area contributed by atoms with E-state index in [-0.39, 0.29) is 5.41 Å². The van der Waals surface area contributed by atoms with Gasteiger partial charge in [0.25, 0.3) is 0 Å². The first-order chi connectivity index (χ1) is 14.5. The van der Waals surface area contributed by atoms with E-state index in [0.717, 1.165) is 48.0 Å². The average Bonchev–Trinajstić information content (AvgIpc) is 3.01. The van der Waals surface area contributed by atoms with E-state index < -0.39 is 5.54 Å². The molecule has 1 fully saturated rings. The first-order valence-corrected chi connectivity index (χ1v) is 11.2. The van der Waals surface area contributed by atoms with Crippen molar-refractivity contribution in [2.75, 3.05) is 18.8 Å². The molecule has 1 aliphatic carbocycles. The van der Waals surface area contributed by atoms with E-state index in [1.54, 1.807) is 12.4 Å². The molecule has 154 valence electrons. The van der Waals surface area contributed by atoms with Crippen LogP contribution in [0.25, 0.3) is 0 Å². The number of halogens is 1. The highest BCUT2D eigenvalue weighted by Gasteiger charge is 2.57. The summed E-state index contributed by atoms with van der Waals surface area (Å²) < 4.78 is 0. The van der Waals surface area contributed by atoms with Crippen LogP contribution in [0, 0.1) is 5.41 Å². The van der Waals surface area contributed by atoms with E-state index >= 15 is 0 Å². The monoisotopic (exact) mass is 438 g/mol. The molecule has 3 aromatic rings. The maximum atomic E-state index is 7.27. The van der Waals surface area contributed by atoms with Gasteiger partial charge >= 0.3 is 0 Å². The Morgan fingerprint density at radius 2 is 1.83 bits per heavy atom. The van der Waals surface area contributed by atoms with Crippen molar-refractivity contribution in [1.82, 2.24) is 20.3 Å². The molecule has 1 unspecified atom stereocenters. The highest BCUT2D eigenvalue weighted by atomic mass is 35.5. The van der Waals surface area contributed by atoms with Crippen LogP contribution >= 0.6 is 23.4 Å². The Bertz CT molecular complexity index is 1080. The maximum Gasteiger partial charge on any atom is 0.143 e. The van der Waals surface area contributed by atoms with Gasteiger partial charge in [0, 0.05) is 16.5 Å². The number of nitrogen functional groups attached to an aromatic ring is 1. The van der Waals surface area contributed by atoms with E-state index in [1.807, 2.05) is 12.3 Å². The minimum Gasteiger partial charge on any atom is -0.382 e. The van der Waals surface area contributed by atoms with Crippen LogP contribution in [0.1, 0.15) is 29.7 Å². The smallest absolute Gasteiger partial charge is 0.143 e. The molecule has 5 N–H and O–H groups in total. The topological polar surface area (TPSA) is 103 Å². The fraction of sp³-hybridized carbons (Fsp3) is 0.318. The molecule has 1 saturated heterocycles. The normalized spacial score (nSPS) is 22.2. The summed E-state index contributed by atoms with van der Waals surface area (Å²) in [4.78, 5) is 14.3. The van der Waals surface area contributed by atoms with Crippen molar-refractivity contribution in [1.29, 1.82) is 0 Å². The Balaban J connectivity index is 1.52. The number of nitrogens with one attached hydrogen (secondary N) is 1. The lowest BCUT2D eigenvalue weighted by Gasteiger charge is -2.46. The summed E-state index contributed by atoms with van der Waals surface area (Å²) in [6.07, 6.45) is 8.25. The third-order valence-electron chi connectivity index (χ3n) is 6.50. The molecular formula is C22H23ClN6S. The Labute approximate surface area is 184 Å². The van der Waals surface area contributed by atoms with Crippen LogP contribution < -0.4 is 16.8 Å². The Kier molecular flexibility index (Phi) is 4.94. The summed E-state index contributed by atoms with van der Waals surface area (Å²) in [7, 11) is 0. The summed E-state index contributed by atoms with van der Waals surface area (Å²) in [5.74, 6) is 0.308. The molecule has 0 radical (unpaired) electrons. The van der Waals surface area contributed by atoms with E-state index in [2.05, 4.69) is 39.6 Å². The van der Waals surface area contributed by atoms with Gasteiger partial charge < -0.3 is 16.8 Å². The molecule has 0 amide bonds. The zero-order valence-electron chi connectivity index (χ0n) is 16.4. The van der Waals surface area contributed by atoms with Crippen LogP contribution in [-0.2, 0) is 12.0 Å². The predicted molar refractivity (Wildman–Crippen MR) is 119 cm³/mol. The van der Waals surface area contributed by atoms with Gasteiger partial charge in [0.1, 0.15) is 10.8 Å². The lowest BCUT2D eigenvalue weighted by molar-refractivity contribution is 0.117. The number of anilines is 1. The number of benzene rings is 1. The number of piperidine rings is 1. The summed E-state index contributed by atoms with van der Waals surface area (Å²) in [6, 6.07) is 10.3. The second-order valence-electron chi connectivity index (χ2n) is 8.02. The number of hydrogen-bond acceptors (Lipinski definition) is 7. The van der Waals surface area contributed by atoms with Crippen molar-refractivity contribution < 1.29 is 0 Å². The molecule has 1 spiro atoms. The van der Waals surface area contributed by atoms with Crippen LogP contribution in [0.5, 0.6) is 0 Å². The van der Waals surface area contributed by atoms with Gasteiger partial charge in [-0.15, -0.1) is 0 Å². The lowest BCUT2D eigenvalue weighted by Crippen LogP contribution is -2.55. The standard InChI is InChI=1S/C22H23ClN6S/c23-19-16(5-8-27-20(19)24)30-18-13-28-17(12-29-18)22(25)15-4-2-1-3-14(15)11-21(22)6-9-26-10-7-21/h1-5,8,12-13,26H,6-7,9-11,25H2,(H2,24,27). The summed E-state index contributed by atoms with van der Waals surface area (Å²) in [5, 5.41) is 4.64. The minimum atomic E-state index is -0.652. The summed E-state index contributed by atoms with van der Waals surface area (Å²) in [5.41, 5.74) is 15.7. The Morgan fingerprint density at radius 1 is 1.03 bits per heavy atom. The van der Waals surface area contributed by atoms with Crippen LogP contribution in [0.3, 0.4) is 0 Å². The number of nitrogens with zero attached hydrogens (tertiary/aromatic N) is 3. The predicted octanol–water partition coefficient (Wildman–Crippen LogP) is 3.39. The van der Waals surface area contributed by atoms with E-state index in [4.69, 9.17) is 28.1 Å². The van der Waals surface area contributed by atoms with Gasteiger partial charge in [0.15, 0.2) is 0 Å². The first kappa shape index (κ1) is 19.8. The first-order valence-electron chi connectivity index (χ1n) is 10.0. The van der Waals surface area contributed by atoms with Crippen molar-refractivity contribution >= 4 is 29.2 Å². The van der Waals surface area contributed by atoms with E-state index in [0.29, 0.717) is 10.8 Å². The largest absolute Gasteiger partial charge is 0.382 e. The third-order valence-corrected chi connectivity index (χ3v) is 7.99. The van der Waals surface area contributed by atoms with Crippen LogP contribution in [-0.4, -0.2) is 28.0 Å². The fourth-order valence-corrected chi connectivity index (χ4v) is 5.93. The Morgan fingerprint density at radius 3 is 2.60 bits per heavy atom. The van der Waals surface area contributed by atoms with Gasteiger partial charge in [0.2, 0.25) is 0 Å². The quantitative estimate of drug-likeness (QED) is 0.575. The molecule has 2 aromatic heterocycles. The molecule has 30 heavy (non-hydrogen) atoms. The van der Waals surface area contributed by atoms with Crippen molar-refractivity contribution in [2.24, 2.45) is 11.1 Å². The molecule has 8 heteroatoms. The van der Waals surface area contributed by atoms with E-state index in [9.17, 15) is 0 Å². The number of hydrogen-bond donors (Lipinski definition) is 3. The van der Waals surface area contributed by atoms with Gasteiger partial charge in [-0.25, -0.2) is 9.97 Å². The molecule has 6 nitrogen and oxygen atoms in total. The summed E-state index contributed by atoms with van der Waals surface area (Å²) in [6.45, 7) is 1.94. The number of pyridine rings is 1. The SMILES string of the molecule is Nc1nccc(Sc2cnc(C3(N)c4ccccc4CC34CCNCC4)cn2)c1Cl. The average molecular weight is 439 g/mol. The number of nitrogens with two attached hydrogens (primary N) is 2.